The number of hydrogen-bond donors (Lipinski definition) is 2. The molecule has 0 bridgehead atoms. The summed E-state index contributed by atoms with van der Waals surface area (Å²) in [5.74, 6) is -0.609. The molecular formula is C20H19N3O5. The molecular weight excluding hydrogens is 362 g/mol. The van der Waals surface area contributed by atoms with Gasteiger partial charge in [0.25, 0.3) is 5.69 Å². The van der Waals surface area contributed by atoms with Crippen LogP contribution in [-0.2, 0) is 16.1 Å². The van der Waals surface area contributed by atoms with Crippen LogP contribution in [0.3, 0.4) is 0 Å². The summed E-state index contributed by atoms with van der Waals surface area (Å²) < 4.78 is 5.42. The quantitative estimate of drug-likeness (QED) is 0.469. The topological polar surface area (TPSA) is 111 Å². The van der Waals surface area contributed by atoms with Crippen LogP contribution in [0.4, 0.5) is 10.5 Å². The zero-order chi connectivity index (χ0) is 20.3. The third-order valence-corrected chi connectivity index (χ3v) is 4.39. The van der Waals surface area contributed by atoms with Gasteiger partial charge in [0.2, 0.25) is 0 Å². The Labute approximate surface area is 161 Å². The van der Waals surface area contributed by atoms with Crippen LogP contribution in [0.5, 0.6) is 0 Å². The summed E-state index contributed by atoms with van der Waals surface area (Å²) in [4.78, 5) is 35.2. The molecule has 0 aliphatic carbocycles. The van der Waals surface area contributed by atoms with E-state index in [9.17, 15) is 19.7 Å². The first-order valence-corrected chi connectivity index (χ1v) is 8.60. The van der Waals surface area contributed by atoms with Crippen molar-refractivity contribution in [2.75, 3.05) is 0 Å². The van der Waals surface area contributed by atoms with Crippen molar-refractivity contribution in [1.82, 2.24) is 10.6 Å². The number of nitrogens with zero attached hydrogens (tertiary/aromatic N) is 1. The van der Waals surface area contributed by atoms with Gasteiger partial charge in [0.05, 0.1) is 16.5 Å². The summed E-state index contributed by atoms with van der Waals surface area (Å²) in [6.07, 6.45) is 0. The van der Waals surface area contributed by atoms with Crippen LogP contribution in [0.2, 0.25) is 0 Å². The highest BCUT2D eigenvalue weighted by Gasteiger charge is 2.32. The SMILES string of the molecule is CC1=C(C(=O)OCc2ccc(C)cc2)[C@@H](c2cccc([N+](=O)[O-])c2)NC(=O)N1. The number of non-ortho nitro benzene ring substituents is 1. The number of nitro benzene ring substituents is 1. The number of rotatable bonds is 5. The minimum atomic E-state index is -0.848. The average Bonchev–Trinajstić information content (AvgIpc) is 2.66. The molecule has 28 heavy (non-hydrogen) atoms. The minimum Gasteiger partial charge on any atom is -0.457 e. The van der Waals surface area contributed by atoms with E-state index in [4.69, 9.17) is 4.74 Å². The number of benzene rings is 2. The first-order valence-electron chi connectivity index (χ1n) is 8.60. The maximum atomic E-state index is 12.8. The number of esters is 1. The lowest BCUT2D eigenvalue weighted by atomic mass is 9.95. The van der Waals surface area contributed by atoms with E-state index in [0.717, 1.165) is 11.1 Å². The molecule has 1 aliphatic heterocycles. The summed E-state index contributed by atoms with van der Waals surface area (Å²) in [6, 6.07) is 12.0. The molecule has 8 nitrogen and oxygen atoms in total. The smallest absolute Gasteiger partial charge is 0.338 e. The van der Waals surface area contributed by atoms with Crippen LogP contribution < -0.4 is 10.6 Å². The molecule has 0 radical (unpaired) electrons. The van der Waals surface area contributed by atoms with Crippen LogP contribution in [0.25, 0.3) is 0 Å². The number of carbonyl (C=O) groups excluding carboxylic acids is 2. The van der Waals surface area contributed by atoms with Gasteiger partial charge in [0.1, 0.15) is 6.61 Å². The molecule has 0 saturated heterocycles. The molecule has 2 amide bonds. The van der Waals surface area contributed by atoms with Crippen LogP contribution in [0.15, 0.2) is 59.8 Å². The predicted octanol–water partition coefficient (Wildman–Crippen LogP) is 3.27. The highest BCUT2D eigenvalue weighted by Crippen LogP contribution is 2.29. The summed E-state index contributed by atoms with van der Waals surface area (Å²) >= 11 is 0. The molecule has 3 rings (SSSR count). The Morgan fingerprint density at radius 3 is 2.57 bits per heavy atom. The van der Waals surface area contributed by atoms with E-state index in [-0.39, 0.29) is 17.9 Å². The van der Waals surface area contributed by atoms with E-state index < -0.39 is 23.0 Å². The van der Waals surface area contributed by atoms with Crippen molar-refractivity contribution in [3.8, 4) is 0 Å². The second-order valence-electron chi connectivity index (χ2n) is 6.48. The molecule has 2 aromatic carbocycles. The van der Waals surface area contributed by atoms with E-state index in [1.54, 1.807) is 13.0 Å². The molecule has 0 aromatic heterocycles. The van der Waals surface area contributed by atoms with Crippen molar-refractivity contribution in [3.05, 3.63) is 86.6 Å². The highest BCUT2D eigenvalue weighted by molar-refractivity contribution is 5.95. The van der Waals surface area contributed by atoms with E-state index >= 15 is 0 Å². The molecule has 0 fully saturated rings. The van der Waals surface area contributed by atoms with Gasteiger partial charge in [-0.2, -0.15) is 0 Å². The number of hydrogen-bond acceptors (Lipinski definition) is 5. The van der Waals surface area contributed by atoms with Crippen LogP contribution in [0, 0.1) is 17.0 Å². The maximum Gasteiger partial charge on any atom is 0.338 e. The molecule has 0 spiro atoms. The predicted molar refractivity (Wildman–Crippen MR) is 101 cm³/mol. The fraction of sp³-hybridized carbons (Fsp3) is 0.200. The normalized spacial score (nSPS) is 16.2. The summed E-state index contributed by atoms with van der Waals surface area (Å²) in [7, 11) is 0. The number of nitro groups is 1. The largest absolute Gasteiger partial charge is 0.457 e. The Morgan fingerprint density at radius 2 is 1.89 bits per heavy atom. The van der Waals surface area contributed by atoms with Crippen molar-refractivity contribution in [2.45, 2.75) is 26.5 Å². The van der Waals surface area contributed by atoms with Crippen LogP contribution >= 0.6 is 0 Å². The number of carbonyl (C=O) groups is 2. The van der Waals surface area contributed by atoms with Gasteiger partial charge in [0, 0.05) is 17.8 Å². The zero-order valence-corrected chi connectivity index (χ0v) is 15.4. The standard InChI is InChI=1S/C20H19N3O5/c1-12-6-8-14(9-7-12)11-28-19(24)17-13(2)21-20(25)22-18(17)15-4-3-5-16(10-15)23(26)27/h3-10,18H,11H2,1-2H3,(H2,21,22,25)/t18-/m1/s1. The van der Waals surface area contributed by atoms with Gasteiger partial charge in [-0.05, 0) is 25.0 Å². The number of amides is 2. The minimum absolute atomic E-state index is 0.0749. The van der Waals surface area contributed by atoms with Crippen molar-refractivity contribution in [1.29, 1.82) is 0 Å². The molecule has 2 aromatic rings. The maximum absolute atomic E-state index is 12.8. The van der Waals surface area contributed by atoms with Gasteiger partial charge in [-0.15, -0.1) is 0 Å². The Morgan fingerprint density at radius 1 is 1.18 bits per heavy atom. The van der Waals surface area contributed by atoms with E-state index in [0.29, 0.717) is 11.3 Å². The zero-order valence-electron chi connectivity index (χ0n) is 15.4. The Balaban J connectivity index is 1.86. The molecule has 0 unspecified atom stereocenters. The lowest BCUT2D eigenvalue weighted by Crippen LogP contribution is -2.45. The average molecular weight is 381 g/mol. The van der Waals surface area contributed by atoms with Crippen molar-refractivity contribution < 1.29 is 19.2 Å². The third-order valence-electron chi connectivity index (χ3n) is 4.39. The fourth-order valence-corrected chi connectivity index (χ4v) is 2.94. The monoisotopic (exact) mass is 381 g/mol. The number of aryl methyl sites for hydroxylation is 1. The van der Waals surface area contributed by atoms with Gasteiger partial charge in [-0.25, -0.2) is 9.59 Å². The van der Waals surface area contributed by atoms with Crippen molar-refractivity contribution in [2.24, 2.45) is 0 Å². The molecule has 144 valence electrons. The fourth-order valence-electron chi connectivity index (χ4n) is 2.94. The molecule has 0 saturated carbocycles. The van der Waals surface area contributed by atoms with Crippen LogP contribution in [0.1, 0.15) is 29.7 Å². The third kappa shape index (κ3) is 4.17. The van der Waals surface area contributed by atoms with E-state index in [2.05, 4.69) is 10.6 Å². The second kappa shape index (κ2) is 7.91. The molecule has 1 atom stereocenters. The molecule has 8 heteroatoms. The Bertz CT molecular complexity index is 966. The van der Waals surface area contributed by atoms with Gasteiger partial charge < -0.3 is 15.4 Å². The number of ether oxygens (including phenoxy) is 1. The van der Waals surface area contributed by atoms with E-state index in [1.165, 1.54) is 18.2 Å². The van der Waals surface area contributed by atoms with Gasteiger partial charge in [-0.3, -0.25) is 10.1 Å². The highest BCUT2D eigenvalue weighted by atomic mass is 16.6. The Kier molecular flexibility index (Phi) is 5.39. The molecule has 1 aliphatic rings. The first-order chi connectivity index (χ1) is 13.3. The van der Waals surface area contributed by atoms with Crippen molar-refractivity contribution >= 4 is 17.7 Å². The number of urea groups is 1. The lowest BCUT2D eigenvalue weighted by molar-refractivity contribution is -0.384. The summed E-state index contributed by atoms with van der Waals surface area (Å²) in [6.45, 7) is 3.63. The lowest BCUT2D eigenvalue weighted by Gasteiger charge is -2.28. The Hall–Kier alpha value is -3.68. The van der Waals surface area contributed by atoms with Gasteiger partial charge >= 0.3 is 12.0 Å². The summed E-state index contributed by atoms with van der Waals surface area (Å²) in [5.41, 5.74) is 2.76. The van der Waals surface area contributed by atoms with Gasteiger partial charge in [-0.1, -0.05) is 42.0 Å². The molecule has 2 N–H and O–H groups in total. The first kappa shape index (κ1) is 19.1. The van der Waals surface area contributed by atoms with Gasteiger partial charge in [0.15, 0.2) is 0 Å². The summed E-state index contributed by atoms with van der Waals surface area (Å²) in [5, 5.41) is 16.2. The van der Waals surface area contributed by atoms with E-state index in [1.807, 2.05) is 31.2 Å². The number of allylic oxidation sites excluding steroid dienone is 1. The molecule has 1 heterocycles. The van der Waals surface area contributed by atoms with Crippen molar-refractivity contribution in [3.63, 3.8) is 0 Å². The number of nitrogens with one attached hydrogen (secondary N) is 2. The second-order valence-corrected chi connectivity index (χ2v) is 6.48. The van der Waals surface area contributed by atoms with Crippen LogP contribution in [-0.4, -0.2) is 16.9 Å².